The first-order chi connectivity index (χ1) is 7.82. The van der Waals surface area contributed by atoms with Crippen molar-refractivity contribution in [1.82, 2.24) is 4.98 Å². The van der Waals surface area contributed by atoms with Crippen LogP contribution in [0, 0.1) is 0 Å². The van der Waals surface area contributed by atoms with E-state index < -0.39 is 24.0 Å². The van der Waals surface area contributed by atoms with E-state index in [1.165, 1.54) is 18.3 Å². The molecule has 1 atom stereocenters. The Morgan fingerprint density at radius 1 is 1.53 bits per heavy atom. The minimum absolute atomic E-state index is 0.0525. The molecular formula is C9H8F3NO3S. The highest BCUT2D eigenvalue weighted by Gasteiger charge is 2.38. The summed E-state index contributed by atoms with van der Waals surface area (Å²) >= 11 is 0.548. The number of carboxylic acid groups (broad SMARTS) is 1. The second kappa shape index (κ2) is 5.37. The van der Waals surface area contributed by atoms with Gasteiger partial charge < -0.3 is 10.2 Å². The summed E-state index contributed by atoms with van der Waals surface area (Å²) < 4.78 is 36.0. The molecule has 0 amide bonds. The number of thioether (sulfide) groups is 1. The lowest BCUT2D eigenvalue weighted by Crippen LogP contribution is -2.30. The summed E-state index contributed by atoms with van der Waals surface area (Å²) in [5, 5.41) is 17.5. The van der Waals surface area contributed by atoms with Gasteiger partial charge in [-0.3, -0.25) is 0 Å². The van der Waals surface area contributed by atoms with Crippen molar-refractivity contribution in [3.63, 3.8) is 0 Å². The first-order valence-electron chi connectivity index (χ1n) is 4.38. The standard InChI is InChI=1S/C9H8F3NO3S/c10-9(11,12)6(14)4-17-7-5(8(15)16)2-1-3-13-7/h1-3,6,14H,4H2,(H,15,16)/t6-/m0/s1. The molecule has 0 saturated heterocycles. The third kappa shape index (κ3) is 3.90. The summed E-state index contributed by atoms with van der Waals surface area (Å²) in [6.07, 6.45) is -5.95. The van der Waals surface area contributed by atoms with E-state index in [-0.39, 0.29) is 10.6 Å². The maximum atomic E-state index is 12.0. The summed E-state index contributed by atoms with van der Waals surface area (Å²) in [5.74, 6) is -1.97. The van der Waals surface area contributed by atoms with Crippen LogP contribution in [0.25, 0.3) is 0 Å². The topological polar surface area (TPSA) is 70.4 Å². The molecule has 1 heterocycles. The molecule has 1 aromatic heterocycles. The SMILES string of the molecule is O=C(O)c1cccnc1SC[C@H](O)C(F)(F)F. The Morgan fingerprint density at radius 3 is 2.71 bits per heavy atom. The van der Waals surface area contributed by atoms with Gasteiger partial charge in [0.2, 0.25) is 0 Å². The van der Waals surface area contributed by atoms with Crippen molar-refractivity contribution in [2.45, 2.75) is 17.3 Å². The largest absolute Gasteiger partial charge is 0.478 e. The molecule has 0 aliphatic rings. The Bertz CT molecular complexity index is 411. The lowest BCUT2D eigenvalue weighted by atomic mass is 10.3. The fourth-order valence-electron chi connectivity index (χ4n) is 0.921. The number of hydrogen-bond acceptors (Lipinski definition) is 4. The number of aliphatic hydroxyl groups excluding tert-OH is 1. The predicted octanol–water partition coefficient (Wildman–Crippen LogP) is 1.80. The maximum absolute atomic E-state index is 12.0. The Kier molecular flexibility index (Phi) is 4.35. The van der Waals surface area contributed by atoms with Gasteiger partial charge in [-0.15, -0.1) is 11.8 Å². The molecule has 2 N–H and O–H groups in total. The molecule has 0 aromatic carbocycles. The normalized spacial score (nSPS) is 13.4. The van der Waals surface area contributed by atoms with Crippen molar-refractivity contribution >= 4 is 17.7 Å². The molecule has 0 aliphatic carbocycles. The van der Waals surface area contributed by atoms with Crippen LogP contribution in [0.2, 0.25) is 0 Å². The van der Waals surface area contributed by atoms with Crippen LogP contribution >= 0.6 is 11.8 Å². The van der Waals surface area contributed by atoms with Crippen LogP contribution in [-0.2, 0) is 0 Å². The van der Waals surface area contributed by atoms with E-state index in [1.54, 1.807) is 0 Å². The molecular weight excluding hydrogens is 259 g/mol. The van der Waals surface area contributed by atoms with Crippen LogP contribution in [0.3, 0.4) is 0 Å². The molecule has 0 aliphatic heterocycles. The van der Waals surface area contributed by atoms with E-state index in [0.29, 0.717) is 11.8 Å². The molecule has 4 nitrogen and oxygen atoms in total. The number of alkyl halides is 3. The lowest BCUT2D eigenvalue weighted by Gasteiger charge is -2.13. The Hall–Kier alpha value is -1.28. The van der Waals surface area contributed by atoms with Crippen molar-refractivity contribution in [2.24, 2.45) is 0 Å². The molecule has 8 heteroatoms. The van der Waals surface area contributed by atoms with Gasteiger partial charge in [0.05, 0.1) is 5.56 Å². The van der Waals surface area contributed by atoms with Gasteiger partial charge in [-0.2, -0.15) is 13.2 Å². The summed E-state index contributed by atoms with van der Waals surface area (Å²) in [4.78, 5) is 14.4. The van der Waals surface area contributed by atoms with Crippen molar-refractivity contribution in [3.05, 3.63) is 23.9 Å². The Morgan fingerprint density at radius 2 is 2.18 bits per heavy atom. The Balaban J connectivity index is 2.73. The van der Waals surface area contributed by atoms with Crippen LogP contribution in [0.15, 0.2) is 23.4 Å². The first kappa shape index (κ1) is 13.8. The molecule has 0 spiro atoms. The maximum Gasteiger partial charge on any atom is 0.415 e. The van der Waals surface area contributed by atoms with E-state index in [2.05, 4.69) is 4.98 Å². The predicted molar refractivity (Wildman–Crippen MR) is 54.0 cm³/mol. The highest BCUT2D eigenvalue weighted by Crippen LogP contribution is 2.27. The highest BCUT2D eigenvalue weighted by atomic mass is 32.2. The average Bonchev–Trinajstić information content (AvgIpc) is 2.24. The number of aromatic nitrogens is 1. The number of nitrogens with zero attached hydrogens (tertiary/aromatic N) is 1. The van der Waals surface area contributed by atoms with Gasteiger partial charge in [0.1, 0.15) is 5.03 Å². The second-order valence-corrected chi connectivity index (χ2v) is 4.04. The third-order valence-corrected chi connectivity index (χ3v) is 2.84. The monoisotopic (exact) mass is 267 g/mol. The zero-order chi connectivity index (χ0) is 13.1. The van der Waals surface area contributed by atoms with Gasteiger partial charge in [-0.05, 0) is 12.1 Å². The van der Waals surface area contributed by atoms with E-state index in [1.807, 2.05) is 0 Å². The molecule has 0 saturated carbocycles. The molecule has 94 valence electrons. The fraction of sp³-hybridized carbons (Fsp3) is 0.333. The van der Waals surface area contributed by atoms with Crippen LogP contribution in [0.4, 0.5) is 13.2 Å². The van der Waals surface area contributed by atoms with Gasteiger partial charge in [0.15, 0.2) is 6.10 Å². The van der Waals surface area contributed by atoms with E-state index in [0.717, 1.165) is 0 Å². The van der Waals surface area contributed by atoms with Crippen molar-refractivity contribution in [3.8, 4) is 0 Å². The summed E-state index contributed by atoms with van der Waals surface area (Å²) in [5.41, 5.74) is -0.188. The number of carboxylic acids is 1. The zero-order valence-corrected chi connectivity index (χ0v) is 9.13. The van der Waals surface area contributed by atoms with Crippen LogP contribution in [0.5, 0.6) is 0 Å². The molecule has 0 fully saturated rings. The van der Waals surface area contributed by atoms with Crippen molar-refractivity contribution < 1.29 is 28.2 Å². The number of halogens is 3. The number of aromatic carboxylic acids is 1. The average molecular weight is 267 g/mol. The quantitative estimate of drug-likeness (QED) is 0.814. The van der Waals surface area contributed by atoms with Crippen LogP contribution < -0.4 is 0 Å². The first-order valence-corrected chi connectivity index (χ1v) is 5.37. The third-order valence-electron chi connectivity index (χ3n) is 1.76. The summed E-state index contributed by atoms with van der Waals surface area (Å²) in [6, 6.07) is 2.60. The fourth-order valence-corrected chi connectivity index (χ4v) is 1.87. The van der Waals surface area contributed by atoms with Gasteiger partial charge in [0.25, 0.3) is 0 Å². The second-order valence-electron chi connectivity index (χ2n) is 3.03. The zero-order valence-electron chi connectivity index (χ0n) is 8.31. The Labute approximate surface area is 98.5 Å². The van der Waals surface area contributed by atoms with Gasteiger partial charge in [-0.25, -0.2) is 9.78 Å². The number of carbonyl (C=O) groups is 1. The molecule has 0 bridgehead atoms. The van der Waals surface area contributed by atoms with Crippen molar-refractivity contribution in [2.75, 3.05) is 5.75 Å². The van der Waals surface area contributed by atoms with E-state index in [4.69, 9.17) is 10.2 Å². The van der Waals surface area contributed by atoms with Crippen LogP contribution in [-0.4, -0.2) is 39.2 Å². The van der Waals surface area contributed by atoms with E-state index in [9.17, 15) is 18.0 Å². The minimum Gasteiger partial charge on any atom is -0.478 e. The smallest absolute Gasteiger partial charge is 0.415 e. The van der Waals surface area contributed by atoms with Crippen LogP contribution in [0.1, 0.15) is 10.4 Å². The van der Waals surface area contributed by atoms with Crippen molar-refractivity contribution in [1.29, 1.82) is 0 Å². The van der Waals surface area contributed by atoms with Gasteiger partial charge in [0, 0.05) is 11.9 Å². The molecule has 0 radical (unpaired) electrons. The summed E-state index contributed by atoms with van der Waals surface area (Å²) in [6.45, 7) is 0. The molecule has 0 unspecified atom stereocenters. The highest BCUT2D eigenvalue weighted by molar-refractivity contribution is 7.99. The lowest BCUT2D eigenvalue weighted by molar-refractivity contribution is -0.195. The number of pyridine rings is 1. The van der Waals surface area contributed by atoms with E-state index >= 15 is 0 Å². The number of aliphatic hydroxyl groups is 1. The molecule has 1 aromatic rings. The summed E-state index contributed by atoms with van der Waals surface area (Å²) in [7, 11) is 0. The number of rotatable bonds is 4. The number of hydrogen-bond donors (Lipinski definition) is 2. The van der Waals surface area contributed by atoms with Gasteiger partial charge >= 0.3 is 12.1 Å². The molecule has 17 heavy (non-hydrogen) atoms. The molecule has 1 rings (SSSR count). The minimum atomic E-state index is -4.72. The van der Waals surface area contributed by atoms with Gasteiger partial charge in [-0.1, -0.05) is 0 Å².